The number of benzene rings is 2. The summed E-state index contributed by atoms with van der Waals surface area (Å²) in [5.74, 6) is -1.68. The lowest BCUT2D eigenvalue weighted by atomic mass is 10.1. The number of hydrogen-bond donors (Lipinski definition) is 2. The summed E-state index contributed by atoms with van der Waals surface area (Å²) in [5, 5.41) is 28.7. The summed E-state index contributed by atoms with van der Waals surface area (Å²) in [6, 6.07) is 16.1. The molecular weight excluding hydrogens is 568 g/mol. The summed E-state index contributed by atoms with van der Waals surface area (Å²) in [6.07, 6.45) is 12.9. The number of unbranched alkanes of at least 4 members (excludes halogenated alkanes) is 7. The zero-order valence-corrected chi connectivity index (χ0v) is 26.4. The number of nitriles is 1. The van der Waals surface area contributed by atoms with Crippen molar-refractivity contribution in [3.05, 3.63) is 83.0 Å². The molecule has 2 heterocycles. The molecule has 0 amide bonds. The smallest absolute Gasteiger partial charge is 0.350 e. The molecule has 1 saturated heterocycles. The van der Waals surface area contributed by atoms with E-state index in [0.29, 0.717) is 17.9 Å². The number of nitrogens with zero attached hydrogens (tertiary/aromatic N) is 4. The first-order valence-electron chi connectivity index (χ1n) is 16.0. The quantitative estimate of drug-likeness (QED) is 0.114. The van der Waals surface area contributed by atoms with Gasteiger partial charge in [-0.2, -0.15) is 5.26 Å². The minimum atomic E-state index is -1.42. The van der Waals surface area contributed by atoms with E-state index >= 15 is 0 Å². The van der Waals surface area contributed by atoms with Crippen LogP contribution in [0.15, 0.2) is 71.8 Å². The Bertz CT molecular complexity index is 1490. The fourth-order valence-corrected chi connectivity index (χ4v) is 6.02. The maximum atomic E-state index is 11.8. The largest absolute Gasteiger partial charge is 0.494 e. The standard InChI is InChI=1S/C36H44N4O5/c1-4-6-7-8-9-10-11-12-21-45-30-16-14-29(15-17-30)39-20-19-28-22-27(13-18-32(28)39)23-33-26(3)40(25-34(41)42)35(38(33)5-2)31(24-37)36(43)44/h13-18,22-23H,3-12,19-21,25H2,1-2H3,(H,41,42)(H,43,44)/b33-23-,35-31-. The van der Waals surface area contributed by atoms with Crippen LogP contribution in [0.5, 0.6) is 5.75 Å². The lowest BCUT2D eigenvalue weighted by molar-refractivity contribution is -0.138. The maximum absolute atomic E-state index is 11.8. The first-order chi connectivity index (χ1) is 21.8. The van der Waals surface area contributed by atoms with E-state index in [4.69, 9.17) is 4.74 Å². The van der Waals surface area contributed by atoms with E-state index in [2.05, 4.69) is 42.7 Å². The molecule has 0 aromatic heterocycles. The highest BCUT2D eigenvalue weighted by Gasteiger charge is 2.37. The molecule has 2 aromatic carbocycles. The lowest BCUT2D eigenvalue weighted by Gasteiger charge is -2.22. The van der Waals surface area contributed by atoms with Crippen LogP contribution in [0, 0.1) is 11.3 Å². The van der Waals surface area contributed by atoms with Crippen molar-refractivity contribution < 1.29 is 24.5 Å². The van der Waals surface area contributed by atoms with Gasteiger partial charge in [0.05, 0.1) is 18.0 Å². The van der Waals surface area contributed by atoms with Crippen molar-refractivity contribution in [2.24, 2.45) is 0 Å². The van der Waals surface area contributed by atoms with E-state index in [1.54, 1.807) is 11.0 Å². The van der Waals surface area contributed by atoms with Crippen LogP contribution < -0.4 is 9.64 Å². The summed E-state index contributed by atoms with van der Waals surface area (Å²) in [6.45, 7) is 9.51. The van der Waals surface area contributed by atoms with Crippen LogP contribution in [0.4, 0.5) is 11.4 Å². The Morgan fingerprint density at radius 2 is 1.67 bits per heavy atom. The fraction of sp³-hybridized carbons (Fsp3) is 0.417. The number of fused-ring (bicyclic) bond motifs is 1. The second-order valence-electron chi connectivity index (χ2n) is 11.4. The highest BCUT2D eigenvalue weighted by molar-refractivity contribution is 5.92. The molecule has 0 aliphatic carbocycles. The van der Waals surface area contributed by atoms with Crippen molar-refractivity contribution in [2.45, 2.75) is 71.6 Å². The third-order valence-corrected chi connectivity index (χ3v) is 8.30. The van der Waals surface area contributed by atoms with Gasteiger partial charge in [-0.05, 0) is 73.4 Å². The first-order valence-corrected chi connectivity index (χ1v) is 16.0. The van der Waals surface area contributed by atoms with Crippen LogP contribution in [0.3, 0.4) is 0 Å². The van der Waals surface area contributed by atoms with Gasteiger partial charge in [0, 0.05) is 24.5 Å². The number of carboxylic acids is 2. The normalized spacial score (nSPS) is 16.2. The van der Waals surface area contributed by atoms with Crippen LogP contribution in [-0.2, 0) is 16.0 Å². The van der Waals surface area contributed by atoms with Gasteiger partial charge in [-0.3, -0.25) is 4.79 Å². The first kappa shape index (κ1) is 33.2. The Kier molecular flexibility index (Phi) is 11.7. The van der Waals surface area contributed by atoms with Crippen LogP contribution in [-0.4, -0.2) is 58.2 Å². The van der Waals surface area contributed by atoms with Crippen molar-refractivity contribution in [1.29, 1.82) is 5.26 Å². The summed E-state index contributed by atoms with van der Waals surface area (Å²) < 4.78 is 5.99. The van der Waals surface area contributed by atoms with Crippen molar-refractivity contribution in [1.82, 2.24) is 9.80 Å². The van der Waals surface area contributed by atoms with E-state index in [1.807, 2.05) is 31.2 Å². The molecule has 0 saturated carbocycles. The van der Waals surface area contributed by atoms with E-state index in [1.165, 1.54) is 55.4 Å². The van der Waals surface area contributed by atoms with Gasteiger partial charge >= 0.3 is 11.9 Å². The number of carbonyl (C=O) groups is 2. The number of rotatable bonds is 16. The zero-order chi connectivity index (χ0) is 32.3. The topological polar surface area (TPSA) is 117 Å². The zero-order valence-electron chi connectivity index (χ0n) is 26.4. The van der Waals surface area contributed by atoms with Crippen LogP contribution in [0.25, 0.3) is 6.08 Å². The molecule has 238 valence electrons. The van der Waals surface area contributed by atoms with Gasteiger partial charge < -0.3 is 29.6 Å². The van der Waals surface area contributed by atoms with Gasteiger partial charge in [0.1, 0.15) is 24.2 Å². The van der Waals surface area contributed by atoms with Gasteiger partial charge in [0.25, 0.3) is 0 Å². The number of ether oxygens (including phenoxy) is 1. The summed E-state index contributed by atoms with van der Waals surface area (Å²) in [4.78, 5) is 28.7. The number of hydrogen-bond acceptors (Lipinski definition) is 7. The Morgan fingerprint density at radius 3 is 2.29 bits per heavy atom. The van der Waals surface area contributed by atoms with Crippen molar-refractivity contribution in [2.75, 3.05) is 31.1 Å². The highest BCUT2D eigenvalue weighted by Crippen LogP contribution is 2.39. The minimum absolute atomic E-state index is 0.0173. The molecule has 1 fully saturated rings. The van der Waals surface area contributed by atoms with Crippen molar-refractivity contribution in [3.8, 4) is 11.8 Å². The van der Waals surface area contributed by atoms with E-state index in [9.17, 15) is 25.1 Å². The molecule has 9 heteroatoms. The predicted molar refractivity (Wildman–Crippen MR) is 176 cm³/mol. The third kappa shape index (κ3) is 8.07. The molecule has 2 N–H and O–H groups in total. The van der Waals surface area contributed by atoms with E-state index < -0.39 is 24.1 Å². The molecule has 4 rings (SSSR count). The molecule has 0 unspecified atom stereocenters. The van der Waals surface area contributed by atoms with Crippen LogP contribution in [0.2, 0.25) is 0 Å². The van der Waals surface area contributed by atoms with Gasteiger partial charge in [-0.15, -0.1) is 0 Å². The predicted octanol–water partition coefficient (Wildman–Crippen LogP) is 7.30. The van der Waals surface area contributed by atoms with Gasteiger partial charge in [0.15, 0.2) is 5.57 Å². The van der Waals surface area contributed by atoms with Crippen LogP contribution >= 0.6 is 0 Å². The lowest BCUT2D eigenvalue weighted by Crippen LogP contribution is -2.30. The molecule has 0 spiro atoms. The van der Waals surface area contributed by atoms with E-state index in [0.717, 1.165) is 48.7 Å². The number of anilines is 2. The minimum Gasteiger partial charge on any atom is -0.494 e. The monoisotopic (exact) mass is 612 g/mol. The summed E-state index contributed by atoms with van der Waals surface area (Å²) in [5.41, 5.74) is 4.62. The van der Waals surface area contributed by atoms with E-state index in [-0.39, 0.29) is 5.82 Å². The number of carboxylic acid groups (broad SMARTS) is 2. The number of aliphatic carboxylic acids is 2. The summed E-state index contributed by atoms with van der Waals surface area (Å²) >= 11 is 0. The molecule has 9 nitrogen and oxygen atoms in total. The maximum Gasteiger partial charge on any atom is 0.350 e. The molecule has 2 aromatic rings. The van der Waals surface area contributed by atoms with Gasteiger partial charge in [0.2, 0.25) is 0 Å². The molecule has 2 aliphatic heterocycles. The Balaban J connectivity index is 1.43. The molecule has 0 atom stereocenters. The average molecular weight is 613 g/mol. The molecule has 2 aliphatic rings. The average Bonchev–Trinajstić information content (AvgIpc) is 3.55. The Hall–Kier alpha value is -4.71. The third-order valence-electron chi connectivity index (χ3n) is 8.30. The van der Waals surface area contributed by atoms with Gasteiger partial charge in [-0.1, -0.05) is 64.5 Å². The SMILES string of the molecule is C=C1/C(=C/c2ccc3c(c2)CCN3c2ccc(OCCCCCCCCCC)cc2)N(CC)/C(=C(\C#N)C(=O)O)N1CC(=O)O. The second kappa shape index (κ2) is 15.8. The van der Waals surface area contributed by atoms with Crippen LogP contribution in [0.1, 0.15) is 76.3 Å². The Morgan fingerprint density at radius 1 is 0.978 bits per heavy atom. The summed E-state index contributed by atoms with van der Waals surface area (Å²) in [7, 11) is 0. The highest BCUT2D eigenvalue weighted by atomic mass is 16.5. The van der Waals surface area contributed by atoms with Gasteiger partial charge in [-0.25, -0.2) is 4.79 Å². The second-order valence-corrected chi connectivity index (χ2v) is 11.4. The molecule has 0 radical (unpaired) electrons. The molecule has 45 heavy (non-hydrogen) atoms. The molecule has 0 bridgehead atoms. The van der Waals surface area contributed by atoms with Crippen molar-refractivity contribution in [3.63, 3.8) is 0 Å². The fourth-order valence-electron chi connectivity index (χ4n) is 6.02. The Labute approximate surface area is 266 Å². The molecular formula is C36H44N4O5. The van der Waals surface area contributed by atoms with Crippen molar-refractivity contribution >= 4 is 29.4 Å². The number of likely N-dealkylation sites (N-methyl/N-ethyl adjacent to an activating group) is 1.